The smallest absolute Gasteiger partial charge is 0.240 e. The maximum absolute atomic E-state index is 11.5. The molecule has 1 aliphatic heterocycles. The van der Waals surface area contributed by atoms with Gasteiger partial charge in [-0.3, -0.25) is 4.79 Å². The minimum Gasteiger partial charge on any atom is -0.396 e. The molecule has 0 radical (unpaired) electrons. The molecule has 4 heteroatoms. The van der Waals surface area contributed by atoms with Gasteiger partial charge in [-0.1, -0.05) is 6.92 Å². The van der Waals surface area contributed by atoms with Gasteiger partial charge in [0, 0.05) is 19.7 Å². The van der Waals surface area contributed by atoms with E-state index in [1.165, 1.54) is 0 Å². The maximum Gasteiger partial charge on any atom is 0.240 e. The van der Waals surface area contributed by atoms with E-state index >= 15 is 0 Å². The van der Waals surface area contributed by atoms with Crippen LogP contribution in [0, 0.1) is 5.41 Å². The zero-order chi connectivity index (χ0) is 10.8. The molecular weight excluding hydrogens is 202 g/mol. The highest BCUT2D eigenvalue weighted by Gasteiger charge is 2.32. The molecule has 1 amide bonds. The fraction of sp³-hybridized carbons (Fsp3) is 0.900. The van der Waals surface area contributed by atoms with Crippen molar-refractivity contribution in [1.29, 1.82) is 0 Å². The highest BCUT2D eigenvalue weighted by molar-refractivity contribution is 6.30. The van der Waals surface area contributed by atoms with Crippen molar-refractivity contribution in [2.45, 2.75) is 32.1 Å². The maximum atomic E-state index is 11.5. The Bertz CT molecular complexity index is 210. The van der Waals surface area contributed by atoms with Gasteiger partial charge in [0.15, 0.2) is 0 Å². The summed E-state index contributed by atoms with van der Waals surface area (Å²) in [6.45, 7) is 5.38. The number of carbonyl (C=O) groups is 1. The second kappa shape index (κ2) is 4.49. The number of amides is 1. The van der Waals surface area contributed by atoms with Gasteiger partial charge in [-0.05, 0) is 25.2 Å². The lowest BCUT2D eigenvalue weighted by Gasteiger charge is -2.38. The van der Waals surface area contributed by atoms with Crippen molar-refractivity contribution in [3.63, 3.8) is 0 Å². The Morgan fingerprint density at radius 3 is 2.43 bits per heavy atom. The summed E-state index contributed by atoms with van der Waals surface area (Å²) < 4.78 is 0. The molecule has 1 N–H and O–H groups in total. The third-order valence-corrected chi connectivity index (χ3v) is 3.19. The van der Waals surface area contributed by atoms with E-state index in [1.54, 1.807) is 11.8 Å². The highest BCUT2D eigenvalue weighted by atomic mass is 35.5. The third kappa shape index (κ3) is 2.61. The molecule has 1 unspecified atom stereocenters. The normalized spacial score (nSPS) is 23.3. The number of likely N-dealkylation sites (tertiary alicyclic amines) is 1. The van der Waals surface area contributed by atoms with Crippen molar-refractivity contribution in [3.8, 4) is 0 Å². The molecule has 1 saturated heterocycles. The van der Waals surface area contributed by atoms with Gasteiger partial charge >= 0.3 is 0 Å². The first-order valence-corrected chi connectivity index (χ1v) is 5.46. The second-order valence-electron chi connectivity index (χ2n) is 4.41. The minimum absolute atomic E-state index is 0.00616. The monoisotopic (exact) mass is 219 g/mol. The van der Waals surface area contributed by atoms with Crippen molar-refractivity contribution < 1.29 is 9.90 Å². The number of carbonyl (C=O) groups excluding carboxylic acids is 1. The van der Waals surface area contributed by atoms with E-state index < -0.39 is 5.38 Å². The van der Waals surface area contributed by atoms with Crippen molar-refractivity contribution in [1.82, 2.24) is 4.90 Å². The number of nitrogens with zero attached hydrogens (tertiary/aromatic N) is 1. The molecule has 0 bridgehead atoms. The van der Waals surface area contributed by atoms with E-state index in [1.807, 2.05) is 0 Å². The van der Waals surface area contributed by atoms with Crippen LogP contribution in [0.15, 0.2) is 0 Å². The lowest BCUT2D eigenvalue weighted by atomic mass is 9.81. The van der Waals surface area contributed by atoms with Crippen LogP contribution in [0.25, 0.3) is 0 Å². The van der Waals surface area contributed by atoms with Gasteiger partial charge in [-0.15, -0.1) is 11.6 Å². The summed E-state index contributed by atoms with van der Waals surface area (Å²) in [5.41, 5.74) is -0.00761. The van der Waals surface area contributed by atoms with Crippen LogP contribution in [-0.4, -0.2) is 41.0 Å². The van der Waals surface area contributed by atoms with E-state index in [-0.39, 0.29) is 17.9 Å². The number of piperidine rings is 1. The molecule has 0 saturated carbocycles. The number of hydrogen-bond donors (Lipinski definition) is 1. The van der Waals surface area contributed by atoms with Crippen LogP contribution in [-0.2, 0) is 4.79 Å². The van der Waals surface area contributed by atoms with E-state index in [0.717, 1.165) is 12.8 Å². The van der Waals surface area contributed by atoms with E-state index in [2.05, 4.69) is 6.92 Å². The van der Waals surface area contributed by atoms with E-state index in [0.29, 0.717) is 13.1 Å². The lowest BCUT2D eigenvalue weighted by Crippen LogP contribution is -2.45. The topological polar surface area (TPSA) is 40.5 Å². The molecule has 82 valence electrons. The molecule has 1 rings (SSSR count). The fourth-order valence-corrected chi connectivity index (χ4v) is 1.81. The Balaban J connectivity index is 2.47. The lowest BCUT2D eigenvalue weighted by molar-refractivity contribution is -0.133. The van der Waals surface area contributed by atoms with Crippen LogP contribution in [0.4, 0.5) is 0 Å². The molecular formula is C10H18ClNO2. The molecule has 0 aliphatic carbocycles. The number of aliphatic hydroxyl groups excluding tert-OH is 1. The van der Waals surface area contributed by atoms with E-state index in [4.69, 9.17) is 16.7 Å². The predicted molar refractivity (Wildman–Crippen MR) is 56.3 cm³/mol. The van der Waals surface area contributed by atoms with Gasteiger partial charge in [0.25, 0.3) is 0 Å². The zero-order valence-electron chi connectivity index (χ0n) is 8.79. The van der Waals surface area contributed by atoms with Crippen LogP contribution in [0.2, 0.25) is 0 Å². The molecule has 0 aromatic rings. The fourth-order valence-electron chi connectivity index (χ4n) is 1.68. The van der Waals surface area contributed by atoms with Crippen molar-refractivity contribution in [3.05, 3.63) is 0 Å². The molecule has 14 heavy (non-hydrogen) atoms. The summed E-state index contributed by atoms with van der Waals surface area (Å²) in [5, 5.41) is 8.72. The number of hydrogen-bond acceptors (Lipinski definition) is 2. The molecule has 0 aromatic heterocycles. The first kappa shape index (κ1) is 11.8. The molecule has 1 heterocycles. The summed E-state index contributed by atoms with van der Waals surface area (Å²) in [4.78, 5) is 13.3. The van der Waals surface area contributed by atoms with Gasteiger partial charge in [-0.25, -0.2) is 0 Å². The minimum atomic E-state index is -0.437. The van der Waals surface area contributed by atoms with Crippen molar-refractivity contribution in [2.24, 2.45) is 5.41 Å². The number of halogens is 1. The Kier molecular flexibility index (Phi) is 3.78. The van der Waals surface area contributed by atoms with Crippen LogP contribution >= 0.6 is 11.6 Å². The molecule has 3 nitrogen and oxygen atoms in total. The summed E-state index contributed by atoms with van der Waals surface area (Å²) in [6, 6.07) is 0. The Morgan fingerprint density at radius 1 is 1.57 bits per heavy atom. The number of aliphatic hydroxyl groups is 1. The van der Waals surface area contributed by atoms with Crippen molar-refractivity contribution >= 4 is 17.5 Å². The van der Waals surface area contributed by atoms with Crippen LogP contribution in [0.5, 0.6) is 0 Å². The van der Waals surface area contributed by atoms with Gasteiger partial charge < -0.3 is 10.0 Å². The standard InChI is InChI=1S/C10H18ClNO2/c1-8(11)9(14)12-5-3-10(2,7-13)4-6-12/h8,13H,3-7H2,1-2H3. The number of rotatable bonds is 2. The first-order chi connectivity index (χ1) is 6.48. The summed E-state index contributed by atoms with van der Waals surface area (Å²) in [6.07, 6.45) is 1.72. The SMILES string of the molecule is CC(Cl)C(=O)N1CCC(C)(CO)CC1. The van der Waals surface area contributed by atoms with Gasteiger partial charge in [0.1, 0.15) is 5.38 Å². The van der Waals surface area contributed by atoms with Crippen LogP contribution < -0.4 is 0 Å². The first-order valence-electron chi connectivity index (χ1n) is 5.02. The van der Waals surface area contributed by atoms with Crippen LogP contribution in [0.1, 0.15) is 26.7 Å². The van der Waals surface area contributed by atoms with Crippen molar-refractivity contribution in [2.75, 3.05) is 19.7 Å². The average molecular weight is 220 g/mol. The zero-order valence-corrected chi connectivity index (χ0v) is 9.55. The van der Waals surface area contributed by atoms with Gasteiger partial charge in [-0.2, -0.15) is 0 Å². The average Bonchev–Trinajstić information content (AvgIpc) is 2.18. The van der Waals surface area contributed by atoms with Gasteiger partial charge in [0.2, 0.25) is 5.91 Å². The highest BCUT2D eigenvalue weighted by Crippen LogP contribution is 2.30. The largest absolute Gasteiger partial charge is 0.396 e. The number of alkyl halides is 1. The van der Waals surface area contributed by atoms with E-state index in [9.17, 15) is 4.79 Å². The molecule has 0 aromatic carbocycles. The molecule has 1 atom stereocenters. The Labute approximate surface area is 90.0 Å². The predicted octanol–water partition coefficient (Wildman–Crippen LogP) is 1.23. The second-order valence-corrected chi connectivity index (χ2v) is 5.06. The summed E-state index contributed by atoms with van der Waals surface area (Å²) >= 11 is 5.73. The summed E-state index contributed by atoms with van der Waals surface area (Å²) in [5.74, 6) is 0.00616. The Morgan fingerprint density at radius 2 is 2.07 bits per heavy atom. The van der Waals surface area contributed by atoms with Gasteiger partial charge in [0.05, 0.1) is 0 Å². The third-order valence-electron chi connectivity index (χ3n) is 3.00. The summed E-state index contributed by atoms with van der Waals surface area (Å²) in [7, 11) is 0. The molecule has 1 aliphatic rings. The molecule has 0 spiro atoms. The Hall–Kier alpha value is -0.280. The quantitative estimate of drug-likeness (QED) is 0.710. The molecule has 1 fully saturated rings. The van der Waals surface area contributed by atoms with Crippen LogP contribution in [0.3, 0.4) is 0 Å².